The molecule has 37 heavy (non-hydrogen) atoms. The molecule has 11 nitrogen and oxygen atoms in total. The Labute approximate surface area is 223 Å². The van der Waals surface area contributed by atoms with E-state index in [2.05, 4.69) is 21.2 Å². The number of carbonyl (C=O) groups excluding carboxylic acids is 4. The third kappa shape index (κ3) is 5.67. The smallest absolute Gasteiger partial charge is 0.333 e. The van der Waals surface area contributed by atoms with Crippen LogP contribution in [0.3, 0.4) is 0 Å². The summed E-state index contributed by atoms with van der Waals surface area (Å²) in [4.78, 5) is 61.0. The van der Waals surface area contributed by atoms with Crippen LogP contribution in [0.5, 0.6) is 5.75 Å². The summed E-state index contributed by atoms with van der Waals surface area (Å²) in [5.41, 5.74) is 1.60. The SMILES string of the molecule is O=COc1ccccc1CC(=O)N[C@H]1C(=O)N2C(C(=O)OCc3ccc([N+](=O)[O-])cc3)C(CBr)=CS[C@H]12. The lowest BCUT2D eigenvalue weighted by atomic mass is 9.98. The zero-order chi connectivity index (χ0) is 26.5. The van der Waals surface area contributed by atoms with Crippen molar-refractivity contribution in [2.24, 2.45) is 0 Å². The van der Waals surface area contributed by atoms with E-state index in [1.807, 2.05) is 0 Å². The van der Waals surface area contributed by atoms with Gasteiger partial charge in [-0.1, -0.05) is 34.1 Å². The molecule has 3 atom stereocenters. The van der Waals surface area contributed by atoms with Gasteiger partial charge in [-0.25, -0.2) is 4.79 Å². The van der Waals surface area contributed by atoms with E-state index in [9.17, 15) is 29.3 Å². The molecule has 0 spiro atoms. The number of carbonyl (C=O) groups is 4. The lowest BCUT2D eigenvalue weighted by Gasteiger charge is -2.51. The highest BCUT2D eigenvalue weighted by molar-refractivity contribution is 9.09. The third-order valence-corrected chi connectivity index (χ3v) is 7.65. The summed E-state index contributed by atoms with van der Waals surface area (Å²) < 4.78 is 10.3. The average Bonchev–Trinajstić information content (AvgIpc) is 2.90. The maximum atomic E-state index is 13.0. The summed E-state index contributed by atoms with van der Waals surface area (Å²) in [5, 5.41) is 15.1. The summed E-state index contributed by atoms with van der Waals surface area (Å²) in [6, 6.07) is 10.4. The minimum atomic E-state index is -0.967. The molecule has 1 saturated heterocycles. The first-order valence-corrected chi connectivity index (χ1v) is 13.0. The molecule has 1 fully saturated rings. The van der Waals surface area contributed by atoms with Gasteiger partial charge in [-0.2, -0.15) is 0 Å². The molecular formula is C24H20BrN3O8S. The Balaban J connectivity index is 1.40. The number of nitro groups is 1. The second kappa shape index (κ2) is 11.6. The van der Waals surface area contributed by atoms with E-state index in [4.69, 9.17) is 9.47 Å². The zero-order valence-corrected chi connectivity index (χ0v) is 21.5. The van der Waals surface area contributed by atoms with Crippen LogP contribution in [0.25, 0.3) is 0 Å². The number of para-hydroxylation sites is 1. The van der Waals surface area contributed by atoms with Gasteiger partial charge in [-0.3, -0.25) is 24.5 Å². The molecule has 0 saturated carbocycles. The van der Waals surface area contributed by atoms with Crippen LogP contribution in [0.2, 0.25) is 0 Å². The van der Waals surface area contributed by atoms with Crippen molar-refractivity contribution in [1.82, 2.24) is 10.2 Å². The van der Waals surface area contributed by atoms with Gasteiger partial charge >= 0.3 is 5.97 Å². The van der Waals surface area contributed by atoms with Crippen molar-refractivity contribution >= 4 is 57.6 Å². The van der Waals surface area contributed by atoms with E-state index >= 15 is 0 Å². The lowest BCUT2D eigenvalue weighted by Crippen LogP contribution is -2.74. The lowest BCUT2D eigenvalue weighted by molar-refractivity contribution is -0.384. The minimum absolute atomic E-state index is 0.0780. The molecule has 2 amide bonds. The molecule has 4 rings (SSSR count). The van der Waals surface area contributed by atoms with Crippen molar-refractivity contribution < 1.29 is 33.6 Å². The van der Waals surface area contributed by atoms with Crippen LogP contribution in [-0.4, -0.2) is 56.9 Å². The van der Waals surface area contributed by atoms with Crippen LogP contribution in [0.15, 0.2) is 59.5 Å². The predicted octanol–water partition coefficient (Wildman–Crippen LogP) is 2.46. The molecule has 1 unspecified atom stereocenters. The Kier molecular flexibility index (Phi) is 8.24. The van der Waals surface area contributed by atoms with Crippen molar-refractivity contribution in [2.45, 2.75) is 30.5 Å². The van der Waals surface area contributed by atoms with Crippen LogP contribution in [-0.2, 0) is 36.9 Å². The average molecular weight is 590 g/mol. The molecule has 0 radical (unpaired) electrons. The van der Waals surface area contributed by atoms with E-state index in [1.54, 1.807) is 29.7 Å². The van der Waals surface area contributed by atoms with Gasteiger partial charge in [0, 0.05) is 23.0 Å². The molecular weight excluding hydrogens is 570 g/mol. The monoisotopic (exact) mass is 589 g/mol. The molecule has 1 N–H and O–H groups in total. The van der Waals surface area contributed by atoms with Gasteiger partial charge in [-0.15, -0.1) is 11.8 Å². The van der Waals surface area contributed by atoms with Gasteiger partial charge < -0.3 is 19.7 Å². The number of non-ortho nitro benzene ring substituents is 1. The normalized spacial score (nSPS) is 20.1. The van der Waals surface area contributed by atoms with E-state index in [0.717, 1.165) is 0 Å². The Morgan fingerprint density at radius 2 is 1.92 bits per heavy atom. The number of nitrogens with zero attached hydrogens (tertiary/aromatic N) is 2. The molecule has 2 aromatic carbocycles. The number of fused-ring (bicyclic) bond motifs is 1. The fourth-order valence-electron chi connectivity index (χ4n) is 3.97. The van der Waals surface area contributed by atoms with Crippen molar-refractivity contribution in [1.29, 1.82) is 0 Å². The maximum absolute atomic E-state index is 13.0. The molecule has 13 heteroatoms. The van der Waals surface area contributed by atoms with Gasteiger partial charge in [-0.05, 0) is 34.7 Å². The molecule has 2 aliphatic rings. The van der Waals surface area contributed by atoms with Crippen LogP contribution in [0, 0.1) is 10.1 Å². The summed E-state index contributed by atoms with van der Waals surface area (Å²) in [7, 11) is 0. The van der Waals surface area contributed by atoms with E-state index in [0.29, 0.717) is 22.0 Å². The van der Waals surface area contributed by atoms with E-state index in [1.165, 1.54) is 40.9 Å². The minimum Gasteiger partial charge on any atom is -0.459 e. The fourth-order valence-corrected chi connectivity index (χ4v) is 5.88. The first-order valence-electron chi connectivity index (χ1n) is 10.9. The van der Waals surface area contributed by atoms with E-state index in [-0.39, 0.29) is 30.9 Å². The number of rotatable bonds is 10. The van der Waals surface area contributed by atoms with Gasteiger partial charge in [0.25, 0.3) is 12.2 Å². The highest BCUT2D eigenvalue weighted by atomic mass is 79.9. The van der Waals surface area contributed by atoms with Gasteiger partial charge in [0.15, 0.2) is 6.04 Å². The Bertz CT molecular complexity index is 1270. The molecule has 0 aliphatic carbocycles. The number of hydrogen-bond donors (Lipinski definition) is 1. The summed E-state index contributed by atoms with van der Waals surface area (Å²) in [6.45, 7) is 0.155. The Morgan fingerprint density at radius 1 is 1.19 bits per heavy atom. The number of halogens is 1. The molecule has 0 aromatic heterocycles. The number of nitro benzene ring substituents is 1. The summed E-state index contributed by atoms with van der Waals surface area (Å²) in [5.74, 6) is -1.25. The van der Waals surface area contributed by atoms with Crippen molar-refractivity contribution in [3.63, 3.8) is 0 Å². The zero-order valence-electron chi connectivity index (χ0n) is 19.1. The van der Waals surface area contributed by atoms with Crippen LogP contribution in [0.1, 0.15) is 11.1 Å². The van der Waals surface area contributed by atoms with Crippen LogP contribution >= 0.6 is 27.7 Å². The highest BCUT2D eigenvalue weighted by Gasteiger charge is 2.56. The number of ether oxygens (including phenoxy) is 2. The number of thioether (sulfide) groups is 1. The summed E-state index contributed by atoms with van der Waals surface area (Å²) in [6.07, 6.45) is -0.103. The van der Waals surface area contributed by atoms with Gasteiger partial charge in [0.2, 0.25) is 11.8 Å². The Morgan fingerprint density at radius 3 is 2.59 bits per heavy atom. The number of benzene rings is 2. The van der Waals surface area contributed by atoms with Gasteiger partial charge in [0.05, 0.1) is 11.3 Å². The standard InChI is InChI=1S/C24H20BrN3O8S/c25-10-16-12-37-23-20(26-19(30)9-15-3-1-2-4-18(15)36-13-29)22(31)27(23)21(16)24(32)35-11-14-5-7-17(8-6-14)28(33)34/h1-8,12-13,20-21,23H,9-11H2,(H,26,30)/t20-,21?,23+/m0/s1. The first-order chi connectivity index (χ1) is 17.8. The topological polar surface area (TPSA) is 145 Å². The number of alkyl halides is 1. The number of β-lactam (4-membered cyclic amide) rings is 1. The first kappa shape index (κ1) is 26.4. The second-order valence-corrected chi connectivity index (χ2v) is 9.63. The number of amides is 2. The number of hydrogen-bond acceptors (Lipinski definition) is 9. The van der Waals surface area contributed by atoms with Crippen molar-refractivity contribution in [3.8, 4) is 5.75 Å². The number of esters is 1. The predicted molar refractivity (Wildman–Crippen MR) is 136 cm³/mol. The largest absolute Gasteiger partial charge is 0.459 e. The summed E-state index contributed by atoms with van der Waals surface area (Å²) >= 11 is 4.66. The Hall–Kier alpha value is -3.71. The quantitative estimate of drug-likeness (QED) is 0.110. The van der Waals surface area contributed by atoms with Crippen molar-refractivity contribution in [3.05, 3.63) is 80.8 Å². The maximum Gasteiger partial charge on any atom is 0.333 e. The van der Waals surface area contributed by atoms with E-state index < -0.39 is 40.2 Å². The van der Waals surface area contributed by atoms with Crippen LogP contribution < -0.4 is 10.1 Å². The second-order valence-electron chi connectivity index (χ2n) is 8.08. The third-order valence-electron chi connectivity index (χ3n) is 5.79. The molecule has 2 aliphatic heterocycles. The highest BCUT2D eigenvalue weighted by Crippen LogP contribution is 2.41. The molecule has 2 heterocycles. The van der Waals surface area contributed by atoms with Crippen molar-refractivity contribution in [2.75, 3.05) is 5.33 Å². The fraction of sp³-hybridized carbons (Fsp3) is 0.250. The van der Waals surface area contributed by atoms with Gasteiger partial charge in [0.1, 0.15) is 23.8 Å². The molecule has 192 valence electrons. The molecule has 2 aromatic rings. The number of nitrogens with one attached hydrogen (secondary N) is 1. The van der Waals surface area contributed by atoms with Crippen LogP contribution in [0.4, 0.5) is 5.69 Å². The molecule has 0 bridgehead atoms.